The molecule has 2 aliphatic carbocycles. The van der Waals surface area contributed by atoms with Gasteiger partial charge in [0.1, 0.15) is 17.4 Å². The zero-order valence-corrected chi connectivity index (χ0v) is 16.1. The number of phenols is 1. The Morgan fingerprint density at radius 2 is 2.25 bits per heavy atom. The second-order valence-electron chi connectivity index (χ2n) is 8.54. The molecule has 2 bridgehead atoms. The van der Waals surface area contributed by atoms with Crippen molar-refractivity contribution in [1.82, 2.24) is 0 Å². The van der Waals surface area contributed by atoms with Crippen molar-refractivity contribution in [1.29, 1.82) is 0 Å². The minimum absolute atomic E-state index is 0.0728. The van der Waals surface area contributed by atoms with Gasteiger partial charge in [-0.2, -0.15) is 5.10 Å². The van der Waals surface area contributed by atoms with Crippen LogP contribution in [0.3, 0.4) is 0 Å². The van der Waals surface area contributed by atoms with Gasteiger partial charge < -0.3 is 26.3 Å². The predicted molar refractivity (Wildman–Crippen MR) is 107 cm³/mol. The van der Waals surface area contributed by atoms with E-state index in [0.29, 0.717) is 35.0 Å². The van der Waals surface area contributed by atoms with Crippen molar-refractivity contribution in [2.75, 3.05) is 20.1 Å². The number of benzene rings is 1. The van der Waals surface area contributed by atoms with Crippen LogP contribution in [0.1, 0.15) is 34.3 Å². The van der Waals surface area contributed by atoms with E-state index in [1.807, 2.05) is 12.1 Å². The molecule has 1 aromatic carbocycles. The van der Waals surface area contributed by atoms with Crippen molar-refractivity contribution in [2.45, 2.75) is 36.3 Å². The van der Waals surface area contributed by atoms with Crippen LogP contribution < -0.4 is 11.6 Å². The van der Waals surface area contributed by atoms with Gasteiger partial charge in [-0.3, -0.25) is 4.79 Å². The van der Waals surface area contributed by atoms with Crippen LogP contribution in [-0.4, -0.2) is 58.1 Å². The Labute approximate surface area is 164 Å². The summed E-state index contributed by atoms with van der Waals surface area (Å²) in [6.07, 6.45) is 7.02. The summed E-state index contributed by atoms with van der Waals surface area (Å²) in [5, 5.41) is 27.0. The number of aliphatic hydroxyl groups is 1. The molecule has 1 fully saturated rings. The number of hydrogen-bond donors (Lipinski definition) is 4. The third-order valence-electron chi connectivity index (χ3n) is 7.22. The number of nitrogens with zero attached hydrogens (tertiary/aromatic N) is 2. The quantitative estimate of drug-likeness (QED) is 0.266. The fourth-order valence-electron chi connectivity index (χ4n) is 5.82. The molecule has 3 aliphatic rings. The van der Waals surface area contributed by atoms with Gasteiger partial charge in [-0.1, -0.05) is 12.6 Å². The lowest BCUT2D eigenvalue weighted by Gasteiger charge is -2.63. The largest absolute Gasteiger partial charge is 0.507 e. The van der Waals surface area contributed by atoms with Crippen LogP contribution in [0.15, 0.2) is 42.0 Å². The first kappa shape index (κ1) is 18.7. The summed E-state index contributed by atoms with van der Waals surface area (Å²) in [7, 11) is 2.14. The van der Waals surface area contributed by atoms with Gasteiger partial charge in [0.2, 0.25) is 0 Å². The van der Waals surface area contributed by atoms with Gasteiger partial charge in [-0.05, 0) is 29.9 Å². The van der Waals surface area contributed by atoms with Gasteiger partial charge in [0.05, 0.1) is 31.4 Å². The number of likely N-dealkylation sites (tertiary alicyclic amines) is 1. The molecule has 7 heteroatoms. The molecule has 28 heavy (non-hydrogen) atoms. The number of hydrazone groups is 1. The van der Waals surface area contributed by atoms with Gasteiger partial charge in [0.25, 0.3) is 5.91 Å². The van der Waals surface area contributed by atoms with Crippen LogP contribution in [-0.2, 0) is 11.8 Å². The van der Waals surface area contributed by atoms with Crippen LogP contribution in [0.2, 0.25) is 0 Å². The Morgan fingerprint density at radius 1 is 1.50 bits per heavy atom. The van der Waals surface area contributed by atoms with E-state index in [9.17, 15) is 15.0 Å². The lowest BCUT2D eigenvalue weighted by Crippen LogP contribution is -2.77. The smallest absolute Gasteiger partial charge is 0.252 e. The minimum Gasteiger partial charge on any atom is -0.507 e. The topological polar surface area (TPSA) is 122 Å². The second kappa shape index (κ2) is 5.93. The molecule has 148 valence electrons. The number of primary amides is 1. The van der Waals surface area contributed by atoms with Crippen LogP contribution in [0.25, 0.3) is 0 Å². The van der Waals surface area contributed by atoms with Gasteiger partial charge >= 0.3 is 0 Å². The van der Waals surface area contributed by atoms with Crippen molar-refractivity contribution >= 4 is 11.6 Å². The highest BCUT2D eigenvalue weighted by Gasteiger charge is 2.68. The molecule has 1 amide bonds. The standard InChI is InChI=1S/C21H26N4O3/c1-3-9-25(2)10-8-20-12-14(24-23)6-7-21(20,28)16(25)11-13-4-5-15(19(22)27)18(26)17(13)20/h3-7,16,28H,1,8-12,23H2,2H3,(H2-,22,26,27)/p+1/b24-14+/t16-,20-,21-,25?/m1/s1. The number of hydrogen-bond acceptors (Lipinski definition) is 5. The summed E-state index contributed by atoms with van der Waals surface area (Å²) in [6.45, 7) is 5.43. The minimum atomic E-state index is -1.21. The molecule has 4 rings (SSSR count). The Kier molecular flexibility index (Phi) is 3.96. The SMILES string of the molecule is C=CC[N+]1(C)CC[C@]23C/C(=N/N)C=C[C@@]2(O)[C@H]1Cc1ccc(C(N)=O)c(O)c13. The molecule has 7 nitrogen and oxygen atoms in total. The molecule has 0 radical (unpaired) electrons. The monoisotopic (exact) mass is 383 g/mol. The van der Waals surface area contributed by atoms with Crippen molar-refractivity contribution in [3.63, 3.8) is 0 Å². The van der Waals surface area contributed by atoms with E-state index in [2.05, 4.69) is 18.7 Å². The fourth-order valence-corrected chi connectivity index (χ4v) is 5.82. The molecule has 0 aromatic heterocycles. The molecule has 0 spiro atoms. The van der Waals surface area contributed by atoms with Crippen molar-refractivity contribution in [3.05, 3.63) is 53.6 Å². The molecule has 1 saturated heterocycles. The summed E-state index contributed by atoms with van der Waals surface area (Å²) in [6, 6.07) is 3.30. The number of piperidine rings is 1. The predicted octanol–water partition coefficient (Wildman–Crippen LogP) is 0.696. The molecule has 6 N–H and O–H groups in total. The average Bonchev–Trinajstić information content (AvgIpc) is 2.64. The average molecular weight is 383 g/mol. The second-order valence-corrected chi connectivity index (χ2v) is 8.54. The molecular formula is C21H27N4O3+. The van der Waals surface area contributed by atoms with Gasteiger partial charge in [0, 0.05) is 30.2 Å². The molecule has 1 aromatic rings. The maximum atomic E-state index is 12.1. The Morgan fingerprint density at radius 3 is 2.89 bits per heavy atom. The number of quaternary nitrogens is 1. The molecule has 0 saturated carbocycles. The Bertz CT molecular complexity index is 940. The fraction of sp³-hybridized carbons (Fsp3) is 0.429. The normalized spacial score (nSPS) is 37.2. The summed E-state index contributed by atoms with van der Waals surface area (Å²) in [5.41, 5.74) is 5.72. The van der Waals surface area contributed by atoms with E-state index in [4.69, 9.17) is 11.6 Å². The number of rotatable bonds is 3. The van der Waals surface area contributed by atoms with E-state index in [0.717, 1.165) is 18.7 Å². The molecule has 1 aliphatic heterocycles. The number of carbonyl (C=O) groups is 1. The van der Waals surface area contributed by atoms with Crippen LogP contribution in [0.5, 0.6) is 5.75 Å². The number of amides is 1. The first-order valence-electron chi connectivity index (χ1n) is 9.51. The van der Waals surface area contributed by atoms with Crippen molar-refractivity contribution in [3.8, 4) is 5.75 Å². The summed E-state index contributed by atoms with van der Waals surface area (Å²) < 4.78 is 0.652. The van der Waals surface area contributed by atoms with Gasteiger partial charge in [0.15, 0.2) is 0 Å². The van der Waals surface area contributed by atoms with E-state index in [1.54, 1.807) is 18.2 Å². The zero-order valence-electron chi connectivity index (χ0n) is 16.1. The van der Waals surface area contributed by atoms with Crippen LogP contribution in [0, 0.1) is 0 Å². The van der Waals surface area contributed by atoms with E-state index < -0.39 is 16.9 Å². The lowest BCUT2D eigenvalue weighted by molar-refractivity contribution is -0.942. The summed E-state index contributed by atoms with van der Waals surface area (Å²) >= 11 is 0. The zero-order chi connectivity index (χ0) is 20.3. The first-order valence-corrected chi connectivity index (χ1v) is 9.51. The number of fused-ring (bicyclic) bond motifs is 1. The molecule has 4 atom stereocenters. The molecule has 1 unspecified atom stereocenters. The maximum Gasteiger partial charge on any atom is 0.252 e. The number of carbonyl (C=O) groups excluding carboxylic acids is 1. The summed E-state index contributed by atoms with van der Waals surface area (Å²) in [5.74, 6) is 4.75. The van der Waals surface area contributed by atoms with E-state index in [-0.39, 0.29) is 17.4 Å². The van der Waals surface area contributed by atoms with Crippen molar-refractivity contribution in [2.24, 2.45) is 16.7 Å². The number of likely N-dealkylation sites (N-methyl/N-ethyl adjacent to an activating group) is 1. The lowest BCUT2D eigenvalue weighted by atomic mass is 9.50. The summed E-state index contributed by atoms with van der Waals surface area (Å²) in [4.78, 5) is 11.9. The first-order chi connectivity index (χ1) is 13.2. The highest BCUT2D eigenvalue weighted by molar-refractivity contribution is 5.99. The van der Waals surface area contributed by atoms with Gasteiger partial charge in [-0.25, -0.2) is 0 Å². The maximum absolute atomic E-state index is 12.1. The third-order valence-corrected chi connectivity index (χ3v) is 7.22. The third kappa shape index (κ3) is 2.17. The van der Waals surface area contributed by atoms with Crippen molar-refractivity contribution < 1.29 is 19.5 Å². The highest BCUT2D eigenvalue weighted by Crippen LogP contribution is 2.59. The van der Waals surface area contributed by atoms with E-state index >= 15 is 0 Å². The number of allylic oxidation sites excluding steroid dienone is 1. The van der Waals surface area contributed by atoms with Gasteiger partial charge in [-0.15, -0.1) is 0 Å². The Hall–Kier alpha value is -2.64. The highest BCUT2D eigenvalue weighted by atomic mass is 16.3. The molecule has 1 heterocycles. The number of nitrogens with two attached hydrogens (primary N) is 2. The van der Waals surface area contributed by atoms with Crippen LogP contribution in [0.4, 0.5) is 0 Å². The number of aromatic hydroxyl groups is 1. The Balaban J connectivity index is 2.04. The molecular weight excluding hydrogens is 356 g/mol. The van der Waals surface area contributed by atoms with E-state index in [1.165, 1.54) is 0 Å². The van der Waals surface area contributed by atoms with Crippen LogP contribution >= 0.6 is 0 Å².